The SMILES string of the molecule is COc1ccc(CCCC(=O)Nc2ccc(C)c(Cl)c2)c(C)c1. The summed E-state index contributed by atoms with van der Waals surface area (Å²) >= 11 is 6.06. The molecule has 0 aliphatic rings. The van der Waals surface area contributed by atoms with Crippen LogP contribution in [0.1, 0.15) is 29.5 Å². The van der Waals surface area contributed by atoms with Crippen LogP contribution in [-0.2, 0) is 11.2 Å². The molecule has 0 radical (unpaired) electrons. The van der Waals surface area contributed by atoms with Crippen molar-refractivity contribution in [2.45, 2.75) is 33.1 Å². The normalized spacial score (nSPS) is 10.4. The van der Waals surface area contributed by atoms with E-state index >= 15 is 0 Å². The molecule has 0 bridgehead atoms. The first-order chi connectivity index (χ1) is 11.0. The minimum Gasteiger partial charge on any atom is -0.497 e. The Morgan fingerprint density at radius 1 is 1.13 bits per heavy atom. The first-order valence-corrected chi connectivity index (χ1v) is 8.07. The van der Waals surface area contributed by atoms with Crippen LogP contribution in [0.4, 0.5) is 5.69 Å². The van der Waals surface area contributed by atoms with E-state index in [0.717, 1.165) is 29.8 Å². The molecule has 3 nitrogen and oxygen atoms in total. The highest BCUT2D eigenvalue weighted by Gasteiger charge is 2.06. The van der Waals surface area contributed by atoms with Gasteiger partial charge >= 0.3 is 0 Å². The van der Waals surface area contributed by atoms with Gasteiger partial charge < -0.3 is 10.1 Å². The molecule has 1 amide bonds. The van der Waals surface area contributed by atoms with Crippen LogP contribution in [0.25, 0.3) is 0 Å². The van der Waals surface area contributed by atoms with E-state index in [-0.39, 0.29) is 5.91 Å². The summed E-state index contributed by atoms with van der Waals surface area (Å²) in [5, 5.41) is 3.55. The molecule has 0 aliphatic heterocycles. The Kier molecular flexibility index (Phi) is 6.05. The number of halogens is 1. The Hall–Kier alpha value is -2.00. The number of amides is 1. The average Bonchev–Trinajstić information content (AvgIpc) is 2.52. The van der Waals surface area contributed by atoms with Crippen LogP contribution < -0.4 is 10.1 Å². The zero-order valence-electron chi connectivity index (χ0n) is 13.8. The summed E-state index contributed by atoms with van der Waals surface area (Å²) in [5.74, 6) is 0.872. The molecule has 0 atom stereocenters. The van der Waals surface area contributed by atoms with Crippen molar-refractivity contribution >= 4 is 23.2 Å². The second-order valence-corrected chi connectivity index (χ2v) is 6.07. The number of benzene rings is 2. The lowest BCUT2D eigenvalue weighted by Crippen LogP contribution is -2.11. The average molecular weight is 332 g/mol. The third-order valence-electron chi connectivity index (χ3n) is 3.86. The highest BCUT2D eigenvalue weighted by Crippen LogP contribution is 2.21. The quantitative estimate of drug-likeness (QED) is 0.815. The van der Waals surface area contributed by atoms with Crippen LogP contribution in [0.15, 0.2) is 36.4 Å². The smallest absolute Gasteiger partial charge is 0.224 e. The van der Waals surface area contributed by atoms with E-state index in [0.29, 0.717) is 11.4 Å². The number of methoxy groups -OCH3 is 1. The lowest BCUT2D eigenvalue weighted by atomic mass is 10.0. The number of carbonyl (C=O) groups excluding carboxylic acids is 1. The summed E-state index contributed by atoms with van der Waals surface area (Å²) < 4.78 is 5.20. The van der Waals surface area contributed by atoms with Crippen molar-refractivity contribution in [2.75, 3.05) is 12.4 Å². The van der Waals surface area contributed by atoms with E-state index in [9.17, 15) is 4.79 Å². The molecule has 0 saturated carbocycles. The van der Waals surface area contributed by atoms with Crippen LogP contribution in [-0.4, -0.2) is 13.0 Å². The maximum atomic E-state index is 12.0. The van der Waals surface area contributed by atoms with Crippen molar-refractivity contribution in [1.29, 1.82) is 0 Å². The molecule has 0 spiro atoms. The lowest BCUT2D eigenvalue weighted by molar-refractivity contribution is -0.116. The third kappa shape index (κ3) is 5.00. The fourth-order valence-corrected chi connectivity index (χ4v) is 2.59. The second kappa shape index (κ2) is 8.02. The largest absolute Gasteiger partial charge is 0.497 e. The number of ether oxygens (including phenoxy) is 1. The fourth-order valence-electron chi connectivity index (χ4n) is 2.41. The van der Waals surface area contributed by atoms with E-state index in [4.69, 9.17) is 16.3 Å². The molecule has 0 unspecified atom stereocenters. The van der Waals surface area contributed by atoms with Crippen molar-refractivity contribution in [1.82, 2.24) is 0 Å². The molecule has 2 aromatic carbocycles. The van der Waals surface area contributed by atoms with Gasteiger partial charge in [-0.25, -0.2) is 0 Å². The molecule has 2 aromatic rings. The van der Waals surface area contributed by atoms with Gasteiger partial charge in [-0.2, -0.15) is 0 Å². The van der Waals surface area contributed by atoms with Gasteiger partial charge in [0.2, 0.25) is 5.91 Å². The lowest BCUT2D eigenvalue weighted by Gasteiger charge is -2.09. The molecule has 23 heavy (non-hydrogen) atoms. The number of nitrogens with one attached hydrogen (secondary N) is 1. The van der Waals surface area contributed by atoms with Crippen LogP contribution in [0, 0.1) is 13.8 Å². The molecule has 2 rings (SSSR count). The maximum absolute atomic E-state index is 12.0. The van der Waals surface area contributed by atoms with Crippen molar-refractivity contribution in [3.05, 3.63) is 58.1 Å². The Bertz CT molecular complexity index is 698. The molecule has 0 aromatic heterocycles. The predicted octanol–water partition coefficient (Wildman–Crippen LogP) is 4.93. The monoisotopic (exact) mass is 331 g/mol. The number of hydrogen-bond donors (Lipinski definition) is 1. The van der Waals surface area contributed by atoms with Gasteiger partial charge in [0.05, 0.1) is 7.11 Å². The molecular formula is C19H22ClNO2. The van der Waals surface area contributed by atoms with Crippen molar-refractivity contribution in [2.24, 2.45) is 0 Å². The van der Waals surface area contributed by atoms with E-state index in [2.05, 4.69) is 18.3 Å². The summed E-state index contributed by atoms with van der Waals surface area (Å²) in [6, 6.07) is 11.6. The van der Waals surface area contributed by atoms with Crippen molar-refractivity contribution < 1.29 is 9.53 Å². The molecule has 4 heteroatoms. The standard InChI is InChI=1S/C19H22ClNO2/c1-13-7-9-16(12-18(13)20)21-19(22)6-4-5-15-8-10-17(23-3)11-14(15)2/h7-12H,4-6H2,1-3H3,(H,21,22). The molecule has 122 valence electrons. The molecule has 0 saturated heterocycles. The van der Waals surface area contributed by atoms with Gasteiger partial charge in [-0.15, -0.1) is 0 Å². The van der Waals surface area contributed by atoms with Crippen molar-refractivity contribution in [3.8, 4) is 5.75 Å². The number of hydrogen-bond acceptors (Lipinski definition) is 2. The summed E-state index contributed by atoms with van der Waals surface area (Å²) in [4.78, 5) is 12.0. The number of carbonyl (C=O) groups is 1. The minimum absolute atomic E-state index is 0.0103. The van der Waals surface area contributed by atoms with Crippen LogP contribution in [0.3, 0.4) is 0 Å². The van der Waals surface area contributed by atoms with Crippen LogP contribution in [0.2, 0.25) is 5.02 Å². The topological polar surface area (TPSA) is 38.3 Å². The minimum atomic E-state index is 0.0103. The summed E-state index contributed by atoms with van der Waals surface area (Å²) in [7, 11) is 1.66. The molecular weight excluding hydrogens is 310 g/mol. The summed E-state index contributed by atoms with van der Waals surface area (Å²) in [6.07, 6.45) is 2.16. The van der Waals surface area contributed by atoms with E-state index in [1.807, 2.05) is 31.2 Å². The number of aryl methyl sites for hydroxylation is 3. The fraction of sp³-hybridized carbons (Fsp3) is 0.316. The van der Waals surface area contributed by atoms with Gasteiger partial charge in [-0.1, -0.05) is 23.7 Å². The van der Waals surface area contributed by atoms with Crippen LogP contribution >= 0.6 is 11.6 Å². The number of rotatable bonds is 6. The van der Waals surface area contributed by atoms with E-state index in [1.165, 1.54) is 11.1 Å². The van der Waals surface area contributed by atoms with Crippen LogP contribution in [0.5, 0.6) is 5.75 Å². The zero-order chi connectivity index (χ0) is 16.8. The second-order valence-electron chi connectivity index (χ2n) is 5.66. The van der Waals surface area contributed by atoms with Gasteiger partial charge in [0.1, 0.15) is 5.75 Å². The summed E-state index contributed by atoms with van der Waals surface area (Å²) in [6.45, 7) is 4.00. The first kappa shape index (κ1) is 17.4. The Morgan fingerprint density at radius 3 is 2.57 bits per heavy atom. The summed E-state index contributed by atoms with van der Waals surface area (Å²) in [5.41, 5.74) is 4.18. The molecule has 0 aliphatic carbocycles. The van der Waals surface area contributed by atoms with E-state index < -0.39 is 0 Å². The molecule has 0 fully saturated rings. The van der Waals surface area contributed by atoms with Gasteiger partial charge in [0.25, 0.3) is 0 Å². The van der Waals surface area contributed by atoms with E-state index in [1.54, 1.807) is 13.2 Å². The third-order valence-corrected chi connectivity index (χ3v) is 4.26. The highest BCUT2D eigenvalue weighted by atomic mass is 35.5. The molecule has 1 N–H and O–H groups in total. The van der Waals surface area contributed by atoms with Gasteiger partial charge in [-0.05, 0) is 67.6 Å². The molecule has 0 heterocycles. The number of anilines is 1. The van der Waals surface area contributed by atoms with Gasteiger partial charge in [0, 0.05) is 17.1 Å². The Balaban J connectivity index is 1.84. The predicted molar refractivity (Wildman–Crippen MR) is 95.5 cm³/mol. The first-order valence-electron chi connectivity index (χ1n) is 7.69. The highest BCUT2D eigenvalue weighted by molar-refractivity contribution is 6.31. The van der Waals surface area contributed by atoms with Gasteiger partial charge in [-0.3, -0.25) is 4.79 Å². The van der Waals surface area contributed by atoms with Gasteiger partial charge in [0.15, 0.2) is 0 Å². The van der Waals surface area contributed by atoms with Crippen molar-refractivity contribution in [3.63, 3.8) is 0 Å². The maximum Gasteiger partial charge on any atom is 0.224 e. The Morgan fingerprint density at radius 2 is 1.91 bits per heavy atom. The zero-order valence-corrected chi connectivity index (χ0v) is 14.5. The Labute approximate surface area is 142 Å².